The number of rotatable bonds is 4. The van der Waals surface area contributed by atoms with Crippen molar-refractivity contribution in [3.63, 3.8) is 0 Å². The van der Waals surface area contributed by atoms with Crippen LogP contribution in [0.3, 0.4) is 0 Å². The summed E-state index contributed by atoms with van der Waals surface area (Å²) in [5.41, 5.74) is 3.57. The minimum absolute atomic E-state index is 0.0857. The lowest BCUT2D eigenvalue weighted by Crippen LogP contribution is -2.42. The van der Waals surface area contributed by atoms with Gasteiger partial charge in [-0.1, -0.05) is 18.2 Å². The van der Waals surface area contributed by atoms with Crippen molar-refractivity contribution in [1.82, 2.24) is 15.3 Å². The maximum absolute atomic E-state index is 6.20. The van der Waals surface area contributed by atoms with Crippen molar-refractivity contribution in [2.45, 2.75) is 65.1 Å². The van der Waals surface area contributed by atoms with Crippen LogP contribution in [0.1, 0.15) is 49.3 Å². The maximum atomic E-state index is 6.20. The Morgan fingerprint density at radius 2 is 1.96 bits per heavy atom. The van der Waals surface area contributed by atoms with Crippen molar-refractivity contribution in [2.24, 2.45) is 0 Å². The highest BCUT2D eigenvalue weighted by molar-refractivity contribution is 5.46. The van der Waals surface area contributed by atoms with E-state index >= 15 is 0 Å². The van der Waals surface area contributed by atoms with Gasteiger partial charge in [0.1, 0.15) is 23.0 Å². The maximum Gasteiger partial charge on any atom is 0.132 e. The summed E-state index contributed by atoms with van der Waals surface area (Å²) in [7, 11) is 0. The quantitative estimate of drug-likeness (QED) is 0.896. The molecule has 2 aliphatic heterocycles. The van der Waals surface area contributed by atoms with Crippen molar-refractivity contribution in [3.8, 4) is 5.75 Å². The van der Waals surface area contributed by atoms with Gasteiger partial charge < -0.3 is 15.0 Å². The van der Waals surface area contributed by atoms with Gasteiger partial charge in [0.05, 0.1) is 0 Å². The average Bonchev–Trinajstić information content (AvgIpc) is 2.94. The summed E-state index contributed by atoms with van der Waals surface area (Å²) in [4.78, 5) is 11.4. The van der Waals surface area contributed by atoms with E-state index in [0.717, 1.165) is 62.0 Å². The summed E-state index contributed by atoms with van der Waals surface area (Å²) >= 11 is 0. The minimum atomic E-state index is -0.0857. The molecule has 27 heavy (non-hydrogen) atoms. The van der Waals surface area contributed by atoms with E-state index in [1.54, 1.807) is 0 Å². The number of fused-ring (bicyclic) bond motifs is 1. The number of aryl methyl sites for hydroxylation is 2. The molecule has 1 N–H and O–H groups in total. The molecular formula is C22H30N4O. The first kappa shape index (κ1) is 18.2. The number of nitrogens with zero attached hydrogens (tertiary/aromatic N) is 3. The second-order valence-electron chi connectivity index (χ2n) is 8.50. The standard InChI is InChI=1S/C22H30N4O/c1-15-12-20(25-16(2)24-15)26-10-8-19(9-11-26)23-14-18-7-5-6-17-13-22(3,4)27-21(17)18/h5-7,12,19,23H,8-11,13-14H2,1-4H3. The summed E-state index contributed by atoms with van der Waals surface area (Å²) in [6, 6.07) is 9.17. The zero-order chi connectivity index (χ0) is 19.0. The fourth-order valence-corrected chi connectivity index (χ4v) is 4.24. The molecule has 0 bridgehead atoms. The molecule has 0 saturated carbocycles. The van der Waals surface area contributed by atoms with Crippen LogP contribution in [0.5, 0.6) is 5.75 Å². The molecule has 0 radical (unpaired) electrons. The second-order valence-corrected chi connectivity index (χ2v) is 8.50. The minimum Gasteiger partial charge on any atom is -0.487 e. The van der Waals surface area contributed by atoms with Crippen molar-refractivity contribution in [3.05, 3.63) is 46.9 Å². The third-order valence-corrected chi connectivity index (χ3v) is 5.53. The highest BCUT2D eigenvalue weighted by atomic mass is 16.5. The fourth-order valence-electron chi connectivity index (χ4n) is 4.24. The number of piperidine rings is 1. The van der Waals surface area contributed by atoms with E-state index in [9.17, 15) is 0 Å². The first-order valence-corrected chi connectivity index (χ1v) is 10.00. The Labute approximate surface area is 162 Å². The molecule has 5 nitrogen and oxygen atoms in total. The molecule has 0 spiro atoms. The first-order chi connectivity index (χ1) is 12.9. The molecular weight excluding hydrogens is 336 g/mol. The molecule has 3 heterocycles. The summed E-state index contributed by atoms with van der Waals surface area (Å²) in [5, 5.41) is 3.75. The van der Waals surface area contributed by atoms with Gasteiger partial charge in [0.2, 0.25) is 0 Å². The Hall–Kier alpha value is -2.14. The SMILES string of the molecule is Cc1cc(N2CCC(NCc3cccc4c3OC(C)(C)C4)CC2)nc(C)n1. The highest BCUT2D eigenvalue weighted by Crippen LogP contribution is 2.37. The van der Waals surface area contributed by atoms with Crippen LogP contribution in [0, 0.1) is 13.8 Å². The number of hydrogen-bond acceptors (Lipinski definition) is 5. The Balaban J connectivity index is 1.34. The summed E-state index contributed by atoms with van der Waals surface area (Å²) in [6.07, 6.45) is 3.25. The highest BCUT2D eigenvalue weighted by Gasteiger charge is 2.31. The first-order valence-electron chi connectivity index (χ1n) is 10.00. The van der Waals surface area contributed by atoms with E-state index < -0.39 is 0 Å². The normalized spacial score (nSPS) is 19.0. The molecule has 0 unspecified atom stereocenters. The van der Waals surface area contributed by atoms with Crippen LogP contribution in [0.4, 0.5) is 5.82 Å². The van der Waals surface area contributed by atoms with E-state index in [1.807, 2.05) is 13.8 Å². The fraction of sp³-hybridized carbons (Fsp3) is 0.545. The second kappa shape index (κ2) is 7.12. The van der Waals surface area contributed by atoms with Gasteiger partial charge in [0, 0.05) is 49.4 Å². The third-order valence-electron chi connectivity index (χ3n) is 5.53. The van der Waals surface area contributed by atoms with Crippen molar-refractivity contribution >= 4 is 5.82 Å². The van der Waals surface area contributed by atoms with E-state index in [4.69, 9.17) is 4.74 Å². The van der Waals surface area contributed by atoms with Gasteiger partial charge in [-0.3, -0.25) is 0 Å². The van der Waals surface area contributed by atoms with Gasteiger partial charge in [0.25, 0.3) is 0 Å². The van der Waals surface area contributed by atoms with Crippen LogP contribution >= 0.6 is 0 Å². The van der Waals surface area contributed by atoms with E-state index in [0.29, 0.717) is 6.04 Å². The monoisotopic (exact) mass is 366 g/mol. The van der Waals surface area contributed by atoms with Crippen LogP contribution in [-0.2, 0) is 13.0 Å². The number of para-hydroxylation sites is 1. The Bertz CT molecular complexity index is 805. The number of anilines is 1. The molecule has 1 saturated heterocycles. The molecule has 1 fully saturated rings. The molecule has 1 aromatic heterocycles. The van der Waals surface area contributed by atoms with Crippen LogP contribution in [0.25, 0.3) is 0 Å². The van der Waals surface area contributed by atoms with E-state index in [-0.39, 0.29) is 5.60 Å². The number of ether oxygens (including phenoxy) is 1. The predicted molar refractivity (Wildman–Crippen MR) is 108 cm³/mol. The number of hydrogen-bond donors (Lipinski definition) is 1. The molecule has 4 rings (SSSR count). The van der Waals surface area contributed by atoms with Gasteiger partial charge in [-0.05, 0) is 46.1 Å². The molecule has 2 aliphatic rings. The van der Waals surface area contributed by atoms with Gasteiger partial charge in [-0.25, -0.2) is 9.97 Å². The van der Waals surface area contributed by atoms with Gasteiger partial charge in [0.15, 0.2) is 0 Å². The lowest BCUT2D eigenvalue weighted by molar-refractivity contribution is 0.137. The molecule has 5 heteroatoms. The number of nitrogens with one attached hydrogen (secondary N) is 1. The van der Waals surface area contributed by atoms with Crippen molar-refractivity contribution in [2.75, 3.05) is 18.0 Å². The Morgan fingerprint density at radius 1 is 1.19 bits per heavy atom. The smallest absolute Gasteiger partial charge is 0.132 e. The van der Waals surface area contributed by atoms with Crippen LogP contribution < -0.4 is 15.0 Å². The Kier molecular flexibility index (Phi) is 4.81. The van der Waals surface area contributed by atoms with Crippen molar-refractivity contribution in [1.29, 1.82) is 0 Å². The lowest BCUT2D eigenvalue weighted by atomic mass is 10.00. The predicted octanol–water partition coefficient (Wildman–Crippen LogP) is 3.57. The van der Waals surface area contributed by atoms with Crippen LogP contribution in [0.15, 0.2) is 24.3 Å². The summed E-state index contributed by atoms with van der Waals surface area (Å²) in [5.74, 6) is 3.01. The lowest BCUT2D eigenvalue weighted by Gasteiger charge is -2.33. The molecule has 0 amide bonds. The zero-order valence-electron chi connectivity index (χ0n) is 16.9. The molecule has 2 aromatic rings. The van der Waals surface area contributed by atoms with Gasteiger partial charge in [-0.2, -0.15) is 0 Å². The summed E-state index contributed by atoms with van der Waals surface area (Å²) < 4.78 is 6.20. The number of aromatic nitrogens is 2. The number of benzene rings is 1. The van der Waals surface area contributed by atoms with E-state index in [1.165, 1.54) is 11.1 Å². The van der Waals surface area contributed by atoms with Crippen LogP contribution in [0.2, 0.25) is 0 Å². The van der Waals surface area contributed by atoms with Crippen molar-refractivity contribution < 1.29 is 4.74 Å². The Morgan fingerprint density at radius 3 is 2.70 bits per heavy atom. The van der Waals surface area contributed by atoms with Gasteiger partial charge >= 0.3 is 0 Å². The molecule has 0 aliphatic carbocycles. The molecule has 1 aromatic carbocycles. The molecule has 0 atom stereocenters. The third kappa shape index (κ3) is 4.08. The van der Waals surface area contributed by atoms with E-state index in [2.05, 4.69) is 58.3 Å². The average molecular weight is 367 g/mol. The largest absolute Gasteiger partial charge is 0.487 e. The molecule has 144 valence electrons. The zero-order valence-corrected chi connectivity index (χ0v) is 16.9. The summed E-state index contributed by atoms with van der Waals surface area (Å²) in [6.45, 7) is 11.3. The van der Waals surface area contributed by atoms with Crippen LogP contribution in [-0.4, -0.2) is 34.7 Å². The topological polar surface area (TPSA) is 50.3 Å². The van der Waals surface area contributed by atoms with Gasteiger partial charge in [-0.15, -0.1) is 0 Å².